The monoisotopic (exact) mass is 1040 g/mol. The number of halogens is 2. The van der Waals surface area contributed by atoms with Gasteiger partial charge in [-0.15, -0.1) is 15.3 Å². The van der Waals surface area contributed by atoms with Crippen molar-refractivity contribution in [2.24, 2.45) is 0 Å². The molecule has 0 bridgehead atoms. The Morgan fingerprint density at radius 2 is 1.00 bits per heavy atom. The molecule has 0 amide bonds. The van der Waals surface area contributed by atoms with Crippen LogP contribution in [0.3, 0.4) is 0 Å². The standard InChI is InChI=1S/C18H19N7O7.C11H13FN6O4.C9H11FN6O3.CH4/c1-13(26)32-12-16(11-31-10-14-4-2-3-5-17(14)24(27)28)23-9-15(20-21-23)8-22-7-6-19-18(22)25(29)30;1-8(19)22-7-10(4-12)17-6-9(14-15-17)5-16-3-2-13-11(16)18(20)21;10-3-8(6-17)15-5-7(12-13-15)4-14-2-1-11-9(14)16(18)19;/h2-7,9,16H,8,10-12H2,1H3;2-3,6,10H,4-5,7H2,1H3;1-2,5,8,17H,3-4,6H2;1H4/i;12-1;10-1;. The van der Waals surface area contributed by atoms with Gasteiger partial charge in [-0.2, -0.15) is 0 Å². The number of aliphatic hydroxyl groups excluding tert-OH is 1. The van der Waals surface area contributed by atoms with Crippen LogP contribution in [0.1, 0.15) is 62.0 Å². The average molecular weight is 1040 g/mol. The van der Waals surface area contributed by atoms with Crippen molar-refractivity contribution >= 4 is 35.5 Å². The summed E-state index contributed by atoms with van der Waals surface area (Å²) in [5.74, 6) is -1.98. The number of rotatable bonds is 24. The largest absolute Gasteiger partial charge is 0.463 e. The highest BCUT2D eigenvalue weighted by Gasteiger charge is 2.23. The number of hydrogen-bond donors (Lipinski definition) is 1. The van der Waals surface area contributed by atoms with Crippen LogP contribution >= 0.6 is 0 Å². The summed E-state index contributed by atoms with van der Waals surface area (Å²) in [5, 5.41) is 75.5. The van der Waals surface area contributed by atoms with Gasteiger partial charge in [-0.1, -0.05) is 50.2 Å². The summed E-state index contributed by atoms with van der Waals surface area (Å²) in [5.41, 5.74) is 1.55. The van der Waals surface area contributed by atoms with E-state index in [0.29, 0.717) is 22.6 Å². The molecule has 0 aliphatic rings. The van der Waals surface area contributed by atoms with Gasteiger partial charge in [-0.05, 0) is 20.8 Å². The van der Waals surface area contributed by atoms with Crippen molar-refractivity contribution in [1.29, 1.82) is 0 Å². The van der Waals surface area contributed by atoms with Gasteiger partial charge in [0.05, 0.1) is 48.9 Å². The quantitative estimate of drug-likeness (QED) is 0.0516. The Morgan fingerprint density at radius 3 is 1.38 bits per heavy atom. The van der Waals surface area contributed by atoms with Gasteiger partial charge < -0.3 is 49.7 Å². The summed E-state index contributed by atoms with van der Waals surface area (Å²) >= 11 is 0. The number of nitro benzene ring substituents is 1. The minimum atomic E-state index is -0.793. The van der Waals surface area contributed by atoms with Crippen LogP contribution in [-0.2, 0) is 50.0 Å². The van der Waals surface area contributed by atoms with E-state index in [1.165, 1.54) is 97.2 Å². The lowest BCUT2D eigenvalue weighted by atomic mass is 10.2. The van der Waals surface area contributed by atoms with E-state index in [1.807, 2.05) is 0 Å². The lowest BCUT2D eigenvalue weighted by Gasteiger charge is -2.16. The Balaban J connectivity index is 0.000000249. The predicted octanol–water partition coefficient (Wildman–Crippen LogP) is 2.74. The molecule has 396 valence electrons. The Kier molecular flexibility index (Phi) is 21.5. The molecule has 6 aromatic heterocycles. The van der Waals surface area contributed by atoms with Gasteiger partial charge in [0.25, 0.3) is 5.69 Å². The Hall–Kier alpha value is -9.41. The summed E-state index contributed by atoms with van der Waals surface area (Å²) < 4.78 is 48.7. The van der Waals surface area contributed by atoms with Crippen molar-refractivity contribution < 1.29 is 57.4 Å². The maximum absolute atomic E-state index is 13.0. The first-order valence-corrected chi connectivity index (χ1v) is 21.0. The topological polar surface area (TPSA) is 400 Å². The molecule has 7 aromatic rings. The number of benzene rings is 1. The number of nitro groups is 4. The van der Waals surface area contributed by atoms with Gasteiger partial charge in [0.2, 0.25) is 0 Å². The number of imidazole rings is 3. The fourth-order valence-corrected chi connectivity index (χ4v) is 6.15. The van der Waals surface area contributed by atoms with E-state index >= 15 is 0 Å². The minimum Gasteiger partial charge on any atom is -0.463 e. The van der Waals surface area contributed by atoms with Crippen LogP contribution in [0.2, 0.25) is 0 Å². The first kappa shape index (κ1) is 57.2. The molecule has 7 rings (SSSR count). The third-order valence-corrected chi connectivity index (χ3v) is 9.64. The lowest BCUT2D eigenvalue weighted by Crippen LogP contribution is -2.23. The van der Waals surface area contributed by atoms with Crippen molar-refractivity contribution in [3.8, 4) is 0 Å². The first-order chi connectivity index (χ1) is 35.0. The summed E-state index contributed by atoms with van der Waals surface area (Å²) in [6, 6.07) is 4.05. The fraction of sp³-hybridized carbons (Fsp3) is 0.410. The number of ether oxygens (including phenoxy) is 3. The summed E-state index contributed by atoms with van der Waals surface area (Å²) in [7, 11) is 0. The van der Waals surface area contributed by atoms with E-state index in [-0.39, 0.29) is 77.0 Å². The molecule has 3 unspecified atom stereocenters. The highest BCUT2D eigenvalue weighted by Crippen LogP contribution is 2.20. The molecule has 1 aromatic carbocycles. The smallest absolute Gasteiger partial charge is 0.434 e. The van der Waals surface area contributed by atoms with Crippen molar-refractivity contribution in [2.45, 2.75) is 65.6 Å². The second-order valence-corrected chi connectivity index (χ2v) is 14.9. The van der Waals surface area contributed by atoms with Gasteiger partial charge in [0.15, 0.2) is 0 Å². The van der Waals surface area contributed by atoms with Crippen molar-refractivity contribution in [1.82, 2.24) is 73.6 Å². The average Bonchev–Trinajstić information content (AvgIpc) is 4.22. The zero-order chi connectivity index (χ0) is 53.0. The van der Waals surface area contributed by atoms with E-state index in [0.717, 1.165) is 0 Å². The Labute approximate surface area is 414 Å². The second kappa shape index (κ2) is 27.8. The Morgan fingerprint density at radius 1 is 0.608 bits per heavy atom. The molecule has 3 atom stereocenters. The summed E-state index contributed by atoms with van der Waals surface area (Å²) in [4.78, 5) is 74.2. The number of alkyl halides is 2. The van der Waals surface area contributed by atoms with Gasteiger partial charge in [0, 0.05) is 19.9 Å². The molecule has 0 aliphatic heterocycles. The number of esters is 2. The first-order valence-electron chi connectivity index (χ1n) is 21.0. The van der Waals surface area contributed by atoms with E-state index in [2.05, 4.69) is 45.9 Å². The zero-order valence-electron chi connectivity index (χ0n) is 38.3. The van der Waals surface area contributed by atoms with E-state index in [9.17, 15) is 58.8 Å². The third kappa shape index (κ3) is 16.3. The molecular formula is C39H47F2N19O14. The SMILES string of the molecule is C.CC(=O)OCC(COCc1ccccc1[N+](=O)[O-])n1cc(Cn2ccnc2[N+](=O)[O-])nn1.CC(=O)OCC(C[18F])n1cc(Cn2ccnc2[N+](=O)[O-])nn1.O=[N+]([O-])c1nccn1Cc1cn(C(CO)C[18F])nn1. The zero-order valence-corrected chi connectivity index (χ0v) is 38.3. The third-order valence-electron chi connectivity index (χ3n) is 9.64. The van der Waals surface area contributed by atoms with Crippen LogP contribution in [0.5, 0.6) is 0 Å². The number of nitrogens with zero attached hydrogens (tertiary/aromatic N) is 19. The number of hydrogen-bond acceptors (Lipinski definition) is 23. The van der Waals surface area contributed by atoms with Crippen LogP contribution in [-0.4, -0.2) is 150 Å². The normalized spacial score (nSPS) is 11.9. The van der Waals surface area contributed by atoms with Crippen molar-refractivity contribution in [2.75, 3.05) is 39.8 Å². The molecule has 0 fully saturated rings. The molecule has 74 heavy (non-hydrogen) atoms. The number of carbonyl (C=O) groups is 2. The van der Waals surface area contributed by atoms with Crippen molar-refractivity contribution in [3.05, 3.63) is 143 Å². The second-order valence-electron chi connectivity index (χ2n) is 14.9. The number of para-hydroxylation sites is 1. The molecule has 6 heterocycles. The van der Waals surface area contributed by atoms with Crippen LogP contribution in [0.25, 0.3) is 0 Å². The van der Waals surface area contributed by atoms with Crippen LogP contribution in [0, 0.1) is 40.5 Å². The molecule has 0 spiro atoms. The Bertz CT molecular complexity index is 2950. The van der Waals surface area contributed by atoms with Crippen molar-refractivity contribution in [3.63, 3.8) is 0 Å². The molecule has 0 saturated carbocycles. The van der Waals surface area contributed by atoms with Crippen LogP contribution in [0.4, 0.5) is 32.3 Å². The van der Waals surface area contributed by atoms with Gasteiger partial charge in [-0.25, -0.2) is 36.5 Å². The summed E-state index contributed by atoms with van der Waals surface area (Å²) in [6.07, 6.45) is 12.7. The summed E-state index contributed by atoms with van der Waals surface area (Å²) in [6.45, 7) is 0.508. The highest BCUT2D eigenvalue weighted by atomic mass is 18.2. The molecule has 0 saturated heterocycles. The maximum Gasteiger partial charge on any atom is 0.434 e. The number of aromatic nitrogens is 15. The molecule has 33 nitrogen and oxygen atoms in total. The van der Waals surface area contributed by atoms with E-state index in [4.69, 9.17) is 19.3 Å². The van der Waals surface area contributed by atoms with Gasteiger partial charge in [-0.3, -0.25) is 19.7 Å². The number of aliphatic hydroxyl groups is 1. The van der Waals surface area contributed by atoms with E-state index in [1.54, 1.807) is 24.4 Å². The van der Waals surface area contributed by atoms with Crippen LogP contribution < -0.4 is 0 Å². The maximum atomic E-state index is 13.0. The molecule has 0 radical (unpaired) electrons. The molecule has 35 heteroatoms. The minimum absolute atomic E-state index is 0. The molecule has 0 aliphatic carbocycles. The highest BCUT2D eigenvalue weighted by molar-refractivity contribution is 5.66. The molecular weight excluding hydrogens is 995 g/mol. The molecule has 1 N–H and O–H groups in total. The van der Waals surface area contributed by atoms with Gasteiger partial charge >= 0.3 is 29.8 Å². The lowest BCUT2D eigenvalue weighted by molar-refractivity contribution is -0.396. The van der Waals surface area contributed by atoms with E-state index < -0.39 is 69.7 Å². The fourth-order valence-electron chi connectivity index (χ4n) is 6.15. The van der Waals surface area contributed by atoms with Gasteiger partial charge in [0.1, 0.15) is 119 Å². The predicted molar refractivity (Wildman–Crippen MR) is 243 cm³/mol. The number of carbonyl (C=O) groups excluding carboxylic acids is 2. The van der Waals surface area contributed by atoms with Crippen LogP contribution in [0.15, 0.2) is 80.0 Å².